The minimum Gasteiger partial charge on any atom is -0.481 e. The monoisotopic (exact) mass is 292 g/mol. The summed E-state index contributed by atoms with van der Waals surface area (Å²) in [5.41, 5.74) is -0.932. The summed E-state index contributed by atoms with van der Waals surface area (Å²) >= 11 is 0. The summed E-state index contributed by atoms with van der Waals surface area (Å²) < 4.78 is 37.7. The number of amides is 1. The first-order valence-corrected chi connectivity index (χ1v) is 5.40. The van der Waals surface area contributed by atoms with Gasteiger partial charge in [-0.2, -0.15) is 13.2 Å². The molecule has 1 heterocycles. The van der Waals surface area contributed by atoms with Gasteiger partial charge in [-0.3, -0.25) is 14.4 Å². The molecule has 1 aromatic heterocycles. The Morgan fingerprint density at radius 3 is 2.45 bits per heavy atom. The van der Waals surface area contributed by atoms with Crippen LogP contribution in [0.15, 0.2) is 16.9 Å². The van der Waals surface area contributed by atoms with E-state index < -0.39 is 41.6 Å². The van der Waals surface area contributed by atoms with Gasteiger partial charge in [0.25, 0.3) is 11.5 Å². The van der Waals surface area contributed by atoms with Crippen LogP contribution < -0.4 is 10.9 Å². The number of hydrogen-bond acceptors (Lipinski definition) is 3. The fraction of sp³-hybridized carbons (Fsp3) is 0.364. The molecular weight excluding hydrogens is 281 g/mol. The largest absolute Gasteiger partial charge is 0.481 e. The van der Waals surface area contributed by atoms with Gasteiger partial charge in [-0.25, -0.2) is 0 Å². The molecule has 3 N–H and O–H groups in total. The Morgan fingerprint density at radius 2 is 2.00 bits per heavy atom. The third kappa shape index (κ3) is 4.11. The average molecular weight is 292 g/mol. The number of carboxylic acid groups (broad SMARTS) is 1. The summed E-state index contributed by atoms with van der Waals surface area (Å²) in [7, 11) is 0. The maximum absolute atomic E-state index is 12.6. The van der Waals surface area contributed by atoms with E-state index in [1.54, 1.807) is 0 Å². The van der Waals surface area contributed by atoms with Gasteiger partial charge in [-0.1, -0.05) is 0 Å². The molecule has 0 radical (unpaired) electrons. The third-order valence-corrected chi connectivity index (χ3v) is 2.38. The maximum atomic E-state index is 12.6. The highest BCUT2D eigenvalue weighted by atomic mass is 19.4. The molecule has 0 aliphatic rings. The zero-order valence-electron chi connectivity index (χ0n) is 10.2. The van der Waals surface area contributed by atoms with Crippen LogP contribution in [0.3, 0.4) is 0 Å². The highest BCUT2D eigenvalue weighted by Gasteiger charge is 2.42. The lowest BCUT2D eigenvalue weighted by Crippen LogP contribution is -2.47. The summed E-state index contributed by atoms with van der Waals surface area (Å²) in [4.78, 5) is 35.6. The van der Waals surface area contributed by atoms with Gasteiger partial charge in [0.2, 0.25) is 0 Å². The predicted molar refractivity (Wildman–Crippen MR) is 61.4 cm³/mol. The number of carbonyl (C=O) groups is 2. The van der Waals surface area contributed by atoms with Gasteiger partial charge in [-0.05, 0) is 19.1 Å². The topological polar surface area (TPSA) is 99.3 Å². The number of aryl methyl sites for hydroxylation is 1. The second kappa shape index (κ2) is 5.76. The Hall–Kier alpha value is -2.32. The number of alkyl halides is 3. The van der Waals surface area contributed by atoms with E-state index in [4.69, 9.17) is 5.11 Å². The van der Waals surface area contributed by atoms with Gasteiger partial charge >= 0.3 is 12.1 Å². The van der Waals surface area contributed by atoms with Gasteiger partial charge in [0.15, 0.2) is 0 Å². The molecule has 1 unspecified atom stereocenters. The summed E-state index contributed by atoms with van der Waals surface area (Å²) in [6, 6.07) is -0.151. The summed E-state index contributed by atoms with van der Waals surface area (Å²) in [5.74, 6) is -3.00. The van der Waals surface area contributed by atoms with E-state index in [1.807, 2.05) is 0 Å². The number of hydrogen-bond donors (Lipinski definition) is 3. The van der Waals surface area contributed by atoms with E-state index in [2.05, 4.69) is 4.98 Å². The van der Waals surface area contributed by atoms with Crippen molar-refractivity contribution < 1.29 is 27.9 Å². The molecule has 1 aromatic rings. The van der Waals surface area contributed by atoms with Crippen molar-refractivity contribution in [3.05, 3.63) is 33.7 Å². The van der Waals surface area contributed by atoms with Crippen molar-refractivity contribution in [1.82, 2.24) is 10.3 Å². The van der Waals surface area contributed by atoms with Crippen LogP contribution in [0.4, 0.5) is 13.2 Å². The Bertz CT molecular complexity index is 580. The molecule has 110 valence electrons. The van der Waals surface area contributed by atoms with Crippen molar-refractivity contribution in [2.75, 3.05) is 0 Å². The molecule has 0 fully saturated rings. The number of pyridine rings is 1. The van der Waals surface area contributed by atoms with Gasteiger partial charge in [0.05, 0.1) is 6.42 Å². The van der Waals surface area contributed by atoms with Gasteiger partial charge in [0, 0.05) is 5.69 Å². The highest BCUT2D eigenvalue weighted by molar-refractivity contribution is 5.94. The fourth-order valence-electron chi connectivity index (χ4n) is 1.41. The zero-order valence-corrected chi connectivity index (χ0v) is 10.2. The lowest BCUT2D eigenvalue weighted by molar-refractivity contribution is -0.165. The van der Waals surface area contributed by atoms with E-state index in [9.17, 15) is 27.6 Å². The van der Waals surface area contributed by atoms with Crippen LogP contribution >= 0.6 is 0 Å². The maximum Gasteiger partial charge on any atom is 0.409 e. The van der Waals surface area contributed by atoms with E-state index in [0.29, 0.717) is 5.69 Å². The first-order valence-electron chi connectivity index (χ1n) is 5.40. The second-order valence-corrected chi connectivity index (χ2v) is 4.05. The Morgan fingerprint density at radius 1 is 1.40 bits per heavy atom. The number of H-pyrrole nitrogens is 1. The molecule has 20 heavy (non-hydrogen) atoms. The van der Waals surface area contributed by atoms with Gasteiger partial charge in [-0.15, -0.1) is 0 Å². The summed E-state index contributed by atoms with van der Waals surface area (Å²) in [6.45, 7) is 1.53. The van der Waals surface area contributed by atoms with Crippen molar-refractivity contribution >= 4 is 11.9 Å². The van der Waals surface area contributed by atoms with Crippen LogP contribution in [0.25, 0.3) is 0 Å². The number of carbonyl (C=O) groups excluding carboxylic acids is 1. The van der Waals surface area contributed by atoms with E-state index in [-0.39, 0.29) is 0 Å². The van der Waals surface area contributed by atoms with Crippen molar-refractivity contribution in [3.8, 4) is 0 Å². The molecular formula is C11H11F3N2O4. The molecule has 0 saturated carbocycles. The van der Waals surface area contributed by atoms with Crippen LogP contribution in [-0.2, 0) is 4.79 Å². The van der Waals surface area contributed by atoms with Crippen molar-refractivity contribution in [2.24, 2.45) is 0 Å². The normalized spacial score (nSPS) is 12.8. The van der Waals surface area contributed by atoms with Crippen LogP contribution in [0.5, 0.6) is 0 Å². The third-order valence-electron chi connectivity index (χ3n) is 2.38. The van der Waals surface area contributed by atoms with Crippen molar-refractivity contribution in [1.29, 1.82) is 0 Å². The first-order chi connectivity index (χ1) is 9.11. The van der Waals surface area contributed by atoms with Crippen LogP contribution in [-0.4, -0.2) is 34.2 Å². The molecule has 1 amide bonds. The Kier molecular flexibility index (Phi) is 4.53. The number of aromatic amines is 1. The number of nitrogens with one attached hydrogen (secondary N) is 2. The lowest BCUT2D eigenvalue weighted by Gasteiger charge is -2.19. The molecule has 0 aromatic carbocycles. The SMILES string of the molecule is Cc1ccc(C(=O)NC(CC(=O)O)C(F)(F)F)c(=O)[nH]1. The highest BCUT2D eigenvalue weighted by Crippen LogP contribution is 2.22. The number of halogens is 3. The van der Waals surface area contributed by atoms with Crippen LogP contribution in [0, 0.1) is 6.92 Å². The molecule has 0 saturated heterocycles. The minimum absolute atomic E-state index is 0.435. The van der Waals surface area contributed by atoms with Crippen molar-refractivity contribution in [2.45, 2.75) is 25.6 Å². The smallest absolute Gasteiger partial charge is 0.409 e. The molecule has 9 heteroatoms. The standard InChI is InChI=1S/C11H11F3N2O4/c1-5-2-3-6(9(19)15-5)10(20)16-7(4-8(17)18)11(12,13)14/h2-3,7H,4H2,1H3,(H,15,19)(H,16,20)(H,17,18). The summed E-state index contributed by atoms with van der Waals surface area (Å²) in [6.07, 6.45) is -6.25. The van der Waals surface area contributed by atoms with Crippen LogP contribution in [0.2, 0.25) is 0 Å². The zero-order chi connectivity index (χ0) is 15.5. The fourth-order valence-corrected chi connectivity index (χ4v) is 1.41. The second-order valence-electron chi connectivity index (χ2n) is 4.05. The number of aromatic nitrogens is 1. The number of aliphatic carboxylic acids is 1. The molecule has 1 rings (SSSR count). The van der Waals surface area contributed by atoms with E-state index in [0.717, 1.165) is 6.07 Å². The molecule has 6 nitrogen and oxygen atoms in total. The number of carboxylic acids is 1. The first kappa shape index (κ1) is 15.7. The number of rotatable bonds is 4. The molecule has 0 aliphatic carbocycles. The van der Waals surface area contributed by atoms with Crippen LogP contribution in [0.1, 0.15) is 22.5 Å². The molecule has 0 spiro atoms. The average Bonchev–Trinajstić information content (AvgIpc) is 2.25. The Labute approximate surface area is 110 Å². The predicted octanol–water partition coefficient (Wildman–Crippen LogP) is 0.819. The molecule has 0 aliphatic heterocycles. The lowest BCUT2D eigenvalue weighted by atomic mass is 10.1. The van der Waals surface area contributed by atoms with E-state index >= 15 is 0 Å². The minimum atomic E-state index is -4.93. The van der Waals surface area contributed by atoms with Gasteiger partial charge in [0.1, 0.15) is 11.6 Å². The molecule has 1 atom stereocenters. The summed E-state index contributed by atoms with van der Waals surface area (Å²) in [5, 5.41) is 9.90. The quantitative estimate of drug-likeness (QED) is 0.765. The van der Waals surface area contributed by atoms with Gasteiger partial charge < -0.3 is 15.4 Å². The molecule has 0 bridgehead atoms. The van der Waals surface area contributed by atoms with Crippen molar-refractivity contribution in [3.63, 3.8) is 0 Å². The van der Waals surface area contributed by atoms with E-state index in [1.165, 1.54) is 18.3 Å². The Balaban J connectivity index is 2.96.